The van der Waals surface area contributed by atoms with Crippen molar-refractivity contribution in [2.24, 2.45) is 0 Å². The number of benzene rings is 2. The Bertz CT molecular complexity index is 1560. The van der Waals surface area contributed by atoms with E-state index in [0.717, 1.165) is 41.5 Å². The lowest BCUT2D eigenvalue weighted by Gasteiger charge is -2.25. The first-order valence-corrected chi connectivity index (χ1v) is 14.4. The maximum atomic E-state index is 13.7. The molecule has 0 aliphatic heterocycles. The van der Waals surface area contributed by atoms with Gasteiger partial charge in [-0.1, -0.05) is 69.2 Å². The normalized spacial score (nSPS) is 12.4. The van der Waals surface area contributed by atoms with Crippen LogP contribution < -0.4 is 5.56 Å². The molecule has 2 aromatic carbocycles. The van der Waals surface area contributed by atoms with E-state index in [2.05, 4.69) is 16.9 Å². The van der Waals surface area contributed by atoms with Crippen molar-refractivity contribution in [2.45, 2.75) is 68.7 Å². The highest BCUT2D eigenvalue weighted by Gasteiger charge is 2.31. The summed E-state index contributed by atoms with van der Waals surface area (Å²) in [4.78, 5) is 20.7. The molecule has 0 fully saturated rings. The van der Waals surface area contributed by atoms with Crippen molar-refractivity contribution in [3.8, 4) is 17.0 Å². The van der Waals surface area contributed by atoms with Gasteiger partial charge in [-0.05, 0) is 60.2 Å². The Morgan fingerprint density at radius 1 is 0.974 bits per heavy atom. The molecule has 0 spiro atoms. The monoisotopic (exact) mass is 531 g/mol. The van der Waals surface area contributed by atoms with Gasteiger partial charge >= 0.3 is 0 Å². The van der Waals surface area contributed by atoms with E-state index in [1.165, 1.54) is 16.7 Å². The summed E-state index contributed by atoms with van der Waals surface area (Å²) < 4.78 is 29.0. The minimum atomic E-state index is -4.36. The molecule has 0 aliphatic carbocycles. The van der Waals surface area contributed by atoms with Crippen molar-refractivity contribution < 1.29 is 13.5 Å². The van der Waals surface area contributed by atoms with Crippen LogP contribution in [0, 0.1) is 6.92 Å². The molecule has 1 N–H and O–H groups in total. The van der Waals surface area contributed by atoms with Gasteiger partial charge in [-0.15, -0.1) is 0 Å². The zero-order valence-electron chi connectivity index (χ0n) is 22.0. The molecular formula is C30H33N3O4S. The maximum Gasteiger partial charge on any atom is 0.296 e. The highest BCUT2D eigenvalue weighted by Crippen LogP contribution is 2.34. The first kappa shape index (κ1) is 27.3. The molecule has 4 rings (SSSR count). The fraction of sp³-hybridized carbons (Fsp3) is 0.300. The van der Waals surface area contributed by atoms with E-state index in [1.54, 1.807) is 24.5 Å². The summed E-state index contributed by atoms with van der Waals surface area (Å²) in [5.41, 5.74) is 2.67. The first-order valence-electron chi connectivity index (χ1n) is 12.9. The lowest BCUT2D eigenvalue weighted by Crippen LogP contribution is -2.27. The largest absolute Gasteiger partial charge is 0.493 e. The second-order valence-electron chi connectivity index (χ2n) is 9.37. The SMILES string of the molecule is CCCCCc1nc(=O)c(S(=O)(=O)c2ccc(-c3ccncc3C)cc2)c(O)n1[C@@H](CC)c1ccccc1. The summed E-state index contributed by atoms with van der Waals surface area (Å²) in [7, 11) is -4.36. The van der Waals surface area contributed by atoms with Crippen LogP contribution in [0.4, 0.5) is 0 Å². The molecule has 0 unspecified atom stereocenters. The number of nitrogens with zero attached hydrogens (tertiary/aromatic N) is 3. The molecule has 1 atom stereocenters. The zero-order chi connectivity index (χ0) is 27.3. The van der Waals surface area contributed by atoms with Crippen molar-refractivity contribution in [3.05, 3.63) is 100 Å². The molecule has 198 valence electrons. The van der Waals surface area contributed by atoms with Crippen LogP contribution in [0.5, 0.6) is 5.88 Å². The van der Waals surface area contributed by atoms with Crippen LogP contribution in [0.1, 0.15) is 62.5 Å². The minimum Gasteiger partial charge on any atom is -0.493 e. The Labute approximate surface area is 223 Å². The molecule has 2 heterocycles. The van der Waals surface area contributed by atoms with Crippen molar-refractivity contribution in [2.75, 3.05) is 0 Å². The number of hydrogen-bond donors (Lipinski definition) is 1. The number of unbranched alkanes of at least 4 members (excludes halogenated alkanes) is 2. The van der Waals surface area contributed by atoms with Gasteiger partial charge in [0.15, 0.2) is 4.90 Å². The molecule has 4 aromatic rings. The Balaban J connectivity index is 1.85. The fourth-order valence-corrected chi connectivity index (χ4v) is 6.14. The van der Waals surface area contributed by atoms with Crippen molar-refractivity contribution in [1.82, 2.24) is 14.5 Å². The molecule has 0 bridgehead atoms. The van der Waals surface area contributed by atoms with E-state index in [9.17, 15) is 18.3 Å². The summed E-state index contributed by atoms with van der Waals surface area (Å²) >= 11 is 0. The van der Waals surface area contributed by atoms with Gasteiger partial charge in [0.2, 0.25) is 15.7 Å². The van der Waals surface area contributed by atoms with E-state index in [4.69, 9.17) is 0 Å². The summed E-state index contributed by atoms with van der Waals surface area (Å²) in [6.07, 6.45) is 7.14. The van der Waals surface area contributed by atoms with E-state index in [1.807, 2.05) is 50.2 Å². The topological polar surface area (TPSA) is 102 Å². The van der Waals surface area contributed by atoms with Gasteiger partial charge < -0.3 is 5.11 Å². The summed E-state index contributed by atoms with van der Waals surface area (Å²) in [5.74, 6) is -0.180. The summed E-state index contributed by atoms with van der Waals surface area (Å²) in [5, 5.41) is 11.5. The molecule has 0 saturated carbocycles. The highest BCUT2D eigenvalue weighted by molar-refractivity contribution is 7.91. The Morgan fingerprint density at radius 3 is 2.32 bits per heavy atom. The Kier molecular flexibility index (Phi) is 8.42. The van der Waals surface area contributed by atoms with Gasteiger partial charge in [-0.2, -0.15) is 4.98 Å². The summed E-state index contributed by atoms with van der Waals surface area (Å²) in [6.45, 7) is 5.96. The number of aromatic hydroxyl groups is 1. The average Bonchev–Trinajstić information content (AvgIpc) is 2.91. The number of sulfone groups is 1. The van der Waals surface area contributed by atoms with Crippen molar-refractivity contribution in [3.63, 3.8) is 0 Å². The van der Waals surface area contributed by atoms with Crippen molar-refractivity contribution >= 4 is 9.84 Å². The second-order valence-corrected chi connectivity index (χ2v) is 11.3. The number of aryl methyl sites for hydroxylation is 2. The Hall–Kier alpha value is -3.78. The minimum absolute atomic E-state index is 0.0831. The average molecular weight is 532 g/mol. The molecule has 7 nitrogen and oxygen atoms in total. The third kappa shape index (κ3) is 5.41. The number of hydrogen-bond acceptors (Lipinski definition) is 6. The zero-order valence-corrected chi connectivity index (χ0v) is 22.8. The number of pyridine rings is 1. The number of aromatic nitrogens is 3. The first-order chi connectivity index (χ1) is 18.3. The van der Waals surface area contributed by atoms with E-state index in [0.29, 0.717) is 18.7 Å². The molecule has 2 aromatic heterocycles. The molecule has 38 heavy (non-hydrogen) atoms. The molecule has 0 aliphatic rings. The van der Waals surface area contributed by atoms with Crippen LogP contribution in [0.15, 0.2) is 87.6 Å². The Morgan fingerprint density at radius 2 is 1.68 bits per heavy atom. The van der Waals surface area contributed by atoms with Crippen LogP contribution in [-0.4, -0.2) is 28.1 Å². The van der Waals surface area contributed by atoms with Gasteiger partial charge in [0.1, 0.15) is 5.82 Å². The van der Waals surface area contributed by atoms with Crippen LogP contribution in [0.2, 0.25) is 0 Å². The van der Waals surface area contributed by atoms with E-state index < -0.39 is 26.2 Å². The third-order valence-electron chi connectivity index (χ3n) is 6.79. The quantitative estimate of drug-likeness (QED) is 0.256. The summed E-state index contributed by atoms with van der Waals surface area (Å²) in [6, 6.07) is 17.3. The second kappa shape index (κ2) is 11.7. The van der Waals surface area contributed by atoms with Crippen molar-refractivity contribution in [1.29, 1.82) is 0 Å². The molecule has 0 amide bonds. The van der Waals surface area contributed by atoms with Gasteiger partial charge in [0, 0.05) is 18.8 Å². The molecular weight excluding hydrogens is 498 g/mol. The van der Waals surface area contributed by atoms with Crippen LogP contribution in [0.3, 0.4) is 0 Å². The number of rotatable bonds is 10. The standard InChI is InChI=1S/C30H33N3O4S/c1-4-6-8-13-27-32-29(34)28(30(35)33(27)26(5-2)23-11-9-7-10-12-23)38(36,37)24-16-14-22(15-17-24)25-18-19-31-20-21(25)3/h7,9-12,14-20,26,35H,4-6,8,13H2,1-3H3/t26-/m0/s1. The van der Waals surface area contributed by atoms with Gasteiger partial charge in [0.05, 0.1) is 10.9 Å². The third-order valence-corrected chi connectivity index (χ3v) is 8.57. The lowest BCUT2D eigenvalue weighted by atomic mass is 10.0. The maximum absolute atomic E-state index is 13.7. The van der Waals surface area contributed by atoms with Gasteiger partial charge in [-0.3, -0.25) is 14.3 Å². The molecule has 0 radical (unpaired) electrons. The predicted molar refractivity (Wildman–Crippen MR) is 148 cm³/mol. The smallest absolute Gasteiger partial charge is 0.296 e. The van der Waals surface area contributed by atoms with E-state index in [-0.39, 0.29) is 10.9 Å². The van der Waals surface area contributed by atoms with Crippen LogP contribution in [0.25, 0.3) is 11.1 Å². The molecule has 0 saturated heterocycles. The fourth-order valence-electron chi connectivity index (χ4n) is 4.79. The lowest BCUT2D eigenvalue weighted by molar-refractivity contribution is 0.358. The van der Waals surface area contributed by atoms with Crippen LogP contribution >= 0.6 is 0 Å². The molecule has 8 heteroatoms. The van der Waals surface area contributed by atoms with E-state index >= 15 is 0 Å². The predicted octanol–water partition coefficient (Wildman–Crippen LogP) is 5.88. The highest BCUT2D eigenvalue weighted by atomic mass is 32.2. The van der Waals surface area contributed by atoms with Gasteiger partial charge in [0.25, 0.3) is 5.56 Å². The van der Waals surface area contributed by atoms with Gasteiger partial charge in [-0.25, -0.2) is 8.42 Å². The van der Waals surface area contributed by atoms with Crippen LogP contribution in [-0.2, 0) is 16.3 Å².